The van der Waals surface area contributed by atoms with Crippen LogP contribution in [-0.4, -0.2) is 46.3 Å². The van der Waals surface area contributed by atoms with Crippen molar-refractivity contribution in [3.8, 4) is 0 Å². The van der Waals surface area contributed by atoms with E-state index in [0.717, 1.165) is 0 Å². The van der Waals surface area contributed by atoms with Crippen LogP contribution in [0.4, 0.5) is 0 Å². The number of carbonyl (C=O) groups excluding carboxylic acids is 3. The Hall–Kier alpha value is -2.60. The number of nitrogens with zero attached hydrogens (tertiary/aromatic N) is 2. The number of hydrogen-bond acceptors (Lipinski definition) is 4. The van der Waals surface area contributed by atoms with Gasteiger partial charge < -0.3 is 14.2 Å². The summed E-state index contributed by atoms with van der Waals surface area (Å²) in [4.78, 5) is 39.9. The van der Waals surface area contributed by atoms with Crippen molar-refractivity contribution in [1.29, 1.82) is 0 Å². The average molecular weight is 419 g/mol. The van der Waals surface area contributed by atoms with Crippen LogP contribution in [0.5, 0.6) is 0 Å². The fraction of sp³-hybridized carbons (Fsp3) is 0.409. The van der Waals surface area contributed by atoms with Crippen molar-refractivity contribution in [3.05, 3.63) is 57.4 Å². The second-order valence-corrected chi connectivity index (χ2v) is 7.61. The second-order valence-electron chi connectivity index (χ2n) is 7.17. The van der Waals surface area contributed by atoms with Crippen LogP contribution >= 0.6 is 11.6 Å². The summed E-state index contributed by atoms with van der Waals surface area (Å²) >= 11 is 5.90. The number of ether oxygens (including phenoxy) is 1. The average Bonchev–Trinajstić information content (AvgIpc) is 2.88. The molecule has 0 unspecified atom stereocenters. The molecule has 0 atom stereocenters. The number of carbonyl (C=O) groups is 3. The Bertz CT molecular complexity index is 929. The van der Waals surface area contributed by atoms with E-state index in [2.05, 4.69) is 0 Å². The lowest BCUT2D eigenvalue weighted by Gasteiger charge is -2.26. The van der Waals surface area contributed by atoms with Gasteiger partial charge in [0.25, 0.3) is 5.91 Å². The maximum atomic E-state index is 13.2. The van der Waals surface area contributed by atoms with Gasteiger partial charge in [0.2, 0.25) is 0 Å². The van der Waals surface area contributed by atoms with Crippen molar-refractivity contribution in [2.45, 2.75) is 40.7 Å². The minimum absolute atomic E-state index is 0.0902. The predicted octanol–water partition coefficient (Wildman–Crippen LogP) is 4.21. The first-order valence-electron chi connectivity index (χ1n) is 9.52. The summed E-state index contributed by atoms with van der Waals surface area (Å²) in [6.07, 6.45) is 0. The molecule has 1 amide bonds. The highest BCUT2D eigenvalue weighted by molar-refractivity contribution is 6.30. The molecule has 0 aliphatic heterocycles. The van der Waals surface area contributed by atoms with Crippen LogP contribution < -0.4 is 0 Å². The zero-order valence-electron chi connectivity index (χ0n) is 17.7. The molecular weight excluding hydrogens is 392 g/mol. The second kappa shape index (κ2) is 9.27. The largest absolute Gasteiger partial charge is 0.461 e. The minimum atomic E-state index is -0.465. The Morgan fingerprint density at radius 1 is 1.14 bits per heavy atom. The number of hydrogen-bond donors (Lipinski definition) is 0. The van der Waals surface area contributed by atoms with Crippen molar-refractivity contribution in [1.82, 2.24) is 9.47 Å². The van der Waals surface area contributed by atoms with Gasteiger partial charge in [-0.1, -0.05) is 11.6 Å². The van der Waals surface area contributed by atoms with E-state index in [1.807, 2.05) is 13.8 Å². The number of ketones is 1. The predicted molar refractivity (Wildman–Crippen MR) is 113 cm³/mol. The van der Waals surface area contributed by atoms with Crippen LogP contribution in [0, 0.1) is 13.8 Å². The molecule has 1 heterocycles. The number of esters is 1. The first-order valence-corrected chi connectivity index (χ1v) is 9.90. The van der Waals surface area contributed by atoms with Gasteiger partial charge in [0.15, 0.2) is 5.78 Å². The fourth-order valence-electron chi connectivity index (χ4n) is 3.36. The molecule has 0 bridgehead atoms. The highest BCUT2D eigenvalue weighted by atomic mass is 35.5. The van der Waals surface area contributed by atoms with E-state index < -0.39 is 5.97 Å². The Morgan fingerprint density at radius 3 is 2.24 bits per heavy atom. The van der Waals surface area contributed by atoms with Crippen LogP contribution in [0.3, 0.4) is 0 Å². The van der Waals surface area contributed by atoms with Crippen LogP contribution in [0.1, 0.15) is 63.2 Å². The normalized spacial score (nSPS) is 10.9. The summed E-state index contributed by atoms with van der Waals surface area (Å²) in [5.41, 5.74) is 2.50. The minimum Gasteiger partial charge on any atom is -0.461 e. The number of amides is 1. The molecule has 0 saturated carbocycles. The SMILES string of the molecule is CCOC(=O)c1c(C)c(C(=O)CN(C(=O)c2ccc(Cl)cc2)C(C)C)c(C)n1C. The molecule has 2 rings (SSSR count). The molecular formula is C22H27ClN2O4. The summed E-state index contributed by atoms with van der Waals surface area (Å²) < 4.78 is 6.78. The molecule has 0 fully saturated rings. The van der Waals surface area contributed by atoms with E-state index in [0.29, 0.717) is 33.1 Å². The Balaban J connectivity index is 2.36. The molecule has 6 nitrogen and oxygen atoms in total. The number of Topliss-reactive ketones (excluding diaryl/α,β-unsaturated/α-hetero) is 1. The third-order valence-electron chi connectivity index (χ3n) is 4.97. The summed E-state index contributed by atoms with van der Waals surface area (Å²) in [5, 5.41) is 0.538. The molecule has 0 aliphatic carbocycles. The topological polar surface area (TPSA) is 68.6 Å². The Kier molecular flexibility index (Phi) is 7.25. The number of rotatable bonds is 7. The monoisotopic (exact) mass is 418 g/mol. The van der Waals surface area contributed by atoms with E-state index in [1.54, 1.807) is 56.7 Å². The van der Waals surface area contributed by atoms with Crippen molar-refractivity contribution in [2.24, 2.45) is 7.05 Å². The van der Waals surface area contributed by atoms with Gasteiger partial charge in [-0.25, -0.2) is 4.79 Å². The lowest BCUT2D eigenvalue weighted by Crippen LogP contribution is -2.41. The van der Waals surface area contributed by atoms with Gasteiger partial charge >= 0.3 is 5.97 Å². The van der Waals surface area contributed by atoms with Gasteiger partial charge in [-0.15, -0.1) is 0 Å². The molecule has 0 saturated heterocycles. The van der Waals surface area contributed by atoms with Gasteiger partial charge in [-0.3, -0.25) is 9.59 Å². The third-order valence-corrected chi connectivity index (χ3v) is 5.22. The highest BCUT2D eigenvalue weighted by Crippen LogP contribution is 2.23. The van der Waals surface area contributed by atoms with Crippen molar-refractivity contribution < 1.29 is 19.1 Å². The zero-order chi connectivity index (χ0) is 21.9. The molecule has 7 heteroatoms. The number of aromatic nitrogens is 1. The first-order chi connectivity index (χ1) is 13.6. The standard InChI is InChI=1S/C22H27ClN2O4/c1-7-29-22(28)20-14(4)19(15(5)24(20)6)18(26)12-25(13(2)3)21(27)16-8-10-17(23)11-9-16/h8-11,13H,7,12H2,1-6H3. The summed E-state index contributed by atoms with van der Waals surface area (Å²) in [5.74, 6) is -0.934. The van der Waals surface area contributed by atoms with Gasteiger partial charge in [-0.2, -0.15) is 0 Å². The van der Waals surface area contributed by atoms with E-state index >= 15 is 0 Å². The first kappa shape index (κ1) is 22.7. The Labute approximate surface area is 176 Å². The summed E-state index contributed by atoms with van der Waals surface area (Å²) in [7, 11) is 1.73. The van der Waals surface area contributed by atoms with Crippen LogP contribution in [0.2, 0.25) is 5.02 Å². The summed E-state index contributed by atoms with van der Waals surface area (Å²) in [6, 6.07) is 6.39. The van der Waals surface area contributed by atoms with Crippen LogP contribution in [0.15, 0.2) is 24.3 Å². The van der Waals surface area contributed by atoms with E-state index in [1.165, 1.54) is 4.90 Å². The molecule has 1 aromatic carbocycles. The van der Waals surface area contributed by atoms with Crippen molar-refractivity contribution >= 4 is 29.3 Å². The van der Waals surface area contributed by atoms with Crippen LogP contribution in [0.25, 0.3) is 0 Å². The van der Waals surface area contributed by atoms with E-state index in [9.17, 15) is 14.4 Å². The highest BCUT2D eigenvalue weighted by Gasteiger charge is 2.28. The number of benzene rings is 1. The van der Waals surface area contributed by atoms with E-state index in [4.69, 9.17) is 16.3 Å². The van der Waals surface area contributed by atoms with Crippen molar-refractivity contribution in [2.75, 3.05) is 13.2 Å². The van der Waals surface area contributed by atoms with Gasteiger partial charge in [0.1, 0.15) is 5.69 Å². The molecule has 0 N–H and O–H groups in total. The smallest absolute Gasteiger partial charge is 0.355 e. The lowest BCUT2D eigenvalue weighted by atomic mass is 10.0. The quantitative estimate of drug-likeness (QED) is 0.499. The van der Waals surface area contributed by atoms with E-state index in [-0.39, 0.29) is 30.9 Å². The third kappa shape index (κ3) is 4.70. The molecule has 29 heavy (non-hydrogen) atoms. The molecule has 1 aromatic heterocycles. The molecule has 0 spiro atoms. The van der Waals surface area contributed by atoms with Gasteiger partial charge in [-0.05, 0) is 64.4 Å². The van der Waals surface area contributed by atoms with Crippen molar-refractivity contribution in [3.63, 3.8) is 0 Å². The molecule has 0 aliphatic rings. The van der Waals surface area contributed by atoms with Crippen LogP contribution in [-0.2, 0) is 11.8 Å². The Morgan fingerprint density at radius 2 is 1.72 bits per heavy atom. The molecule has 0 radical (unpaired) electrons. The zero-order valence-corrected chi connectivity index (χ0v) is 18.5. The fourth-order valence-corrected chi connectivity index (χ4v) is 3.48. The lowest BCUT2D eigenvalue weighted by molar-refractivity contribution is 0.0513. The van der Waals surface area contributed by atoms with Gasteiger partial charge in [0, 0.05) is 34.9 Å². The maximum absolute atomic E-state index is 13.2. The number of halogens is 1. The van der Waals surface area contributed by atoms with Gasteiger partial charge in [0.05, 0.1) is 13.2 Å². The molecule has 2 aromatic rings. The maximum Gasteiger partial charge on any atom is 0.355 e. The summed E-state index contributed by atoms with van der Waals surface area (Å²) in [6.45, 7) is 9.12. The molecule has 156 valence electrons.